The van der Waals surface area contributed by atoms with Crippen LogP contribution in [0.4, 0.5) is 8.78 Å². The number of hydrogen-bond acceptors (Lipinski definition) is 2. The average Bonchev–Trinajstić information content (AvgIpc) is 2.77. The molecule has 1 aliphatic rings. The second kappa shape index (κ2) is 7.70. The Kier molecular flexibility index (Phi) is 6.80. The number of halogens is 7. The molecular formula is C13H11Cl2F2I3N3-. The van der Waals surface area contributed by atoms with Gasteiger partial charge in [-0.3, -0.25) is 4.68 Å². The second-order valence-electron chi connectivity index (χ2n) is 5.25. The summed E-state index contributed by atoms with van der Waals surface area (Å²) in [5, 5.41) is 4.08. The zero-order chi connectivity index (χ0) is 17.4. The van der Waals surface area contributed by atoms with Gasteiger partial charge in [0.1, 0.15) is 21.8 Å². The molecule has 0 spiro atoms. The maximum atomic E-state index is 13.8. The van der Waals surface area contributed by atoms with Gasteiger partial charge in [0.2, 0.25) is 0 Å². The molecule has 0 N–H and O–H groups in total. The van der Waals surface area contributed by atoms with E-state index >= 15 is 0 Å². The quantitative estimate of drug-likeness (QED) is 0.357. The Morgan fingerprint density at radius 1 is 1.26 bits per heavy atom. The Hall–Kier alpha value is 0.990. The van der Waals surface area contributed by atoms with E-state index < -0.39 is 21.4 Å². The molecular weight excluding hydrogens is 688 g/mol. The zero-order valence-electron chi connectivity index (χ0n) is 11.9. The van der Waals surface area contributed by atoms with Crippen LogP contribution in [0.25, 0.3) is 11.4 Å². The molecule has 0 radical (unpaired) electrons. The summed E-state index contributed by atoms with van der Waals surface area (Å²) in [6.07, 6.45) is 0.523. The summed E-state index contributed by atoms with van der Waals surface area (Å²) >= 11 is 17.5. The normalized spacial score (nSPS) is 21.7. The summed E-state index contributed by atoms with van der Waals surface area (Å²) < 4.78 is 28.1. The van der Waals surface area contributed by atoms with Crippen molar-refractivity contribution in [3.8, 4) is 11.4 Å². The van der Waals surface area contributed by atoms with Crippen LogP contribution < -0.4 is 13.3 Å². The molecule has 0 saturated heterocycles. The molecule has 1 fully saturated rings. The van der Waals surface area contributed by atoms with E-state index in [4.69, 9.17) is 23.2 Å². The average molecular weight is 699 g/mol. The summed E-state index contributed by atoms with van der Waals surface area (Å²) in [4.78, 5) is 4.23. The molecule has 3 rings (SSSR count). The molecule has 0 aliphatic heterocycles. The first-order chi connectivity index (χ1) is 10.7. The van der Waals surface area contributed by atoms with Gasteiger partial charge in [-0.1, -0.05) is 6.07 Å². The zero-order valence-corrected chi connectivity index (χ0v) is 19.9. The van der Waals surface area contributed by atoms with Crippen molar-refractivity contribution >= 4 is 60.4 Å². The summed E-state index contributed by atoms with van der Waals surface area (Å²) in [5.41, 5.74) is -0.800. The molecule has 1 aromatic carbocycles. The van der Waals surface area contributed by atoms with Crippen LogP contribution >= 0.6 is 60.4 Å². The number of alkyl halides is 2. The number of hydrogen-bond donors (Lipinski definition) is 0. The Morgan fingerprint density at radius 3 is 2.17 bits per heavy atom. The van der Waals surface area contributed by atoms with Crippen LogP contribution in [0.15, 0.2) is 18.2 Å². The molecule has 1 atom stereocenters. The van der Waals surface area contributed by atoms with Crippen LogP contribution in [-0.4, -0.2) is 19.1 Å². The molecule has 0 bridgehead atoms. The van der Waals surface area contributed by atoms with E-state index in [1.807, 2.05) is 6.92 Å². The molecule has 23 heavy (non-hydrogen) atoms. The summed E-state index contributed by atoms with van der Waals surface area (Å²) in [6, 6.07) is 3.63. The van der Waals surface area contributed by atoms with Crippen molar-refractivity contribution in [3.63, 3.8) is 0 Å². The number of aryl methyl sites for hydroxylation is 1. The third-order valence-electron chi connectivity index (χ3n) is 3.70. The summed E-state index contributed by atoms with van der Waals surface area (Å²) in [5.74, 6) is -0.896. The molecule has 1 heterocycles. The first-order valence-corrected chi connectivity index (χ1v) is 19.6. The van der Waals surface area contributed by atoms with Crippen molar-refractivity contribution in [3.05, 3.63) is 35.7 Å². The van der Waals surface area contributed by atoms with E-state index in [2.05, 4.69) is 47.3 Å². The summed E-state index contributed by atoms with van der Waals surface area (Å²) in [6.45, 7) is 1.85. The minimum atomic E-state index is -0.918. The van der Waals surface area contributed by atoms with Gasteiger partial charge in [0.05, 0.1) is 11.0 Å². The van der Waals surface area contributed by atoms with Crippen LogP contribution in [0, 0.1) is 11.6 Å². The minimum absolute atomic E-state index is 0.00430. The van der Waals surface area contributed by atoms with Crippen LogP contribution in [0.1, 0.15) is 19.2 Å². The molecule has 3 nitrogen and oxygen atoms in total. The van der Waals surface area contributed by atoms with E-state index in [9.17, 15) is 8.78 Å². The van der Waals surface area contributed by atoms with Crippen molar-refractivity contribution in [2.45, 2.75) is 23.1 Å². The number of nitrogens with zero attached hydrogens (tertiary/aromatic N) is 3. The van der Waals surface area contributed by atoms with E-state index in [0.717, 1.165) is 0 Å². The van der Waals surface area contributed by atoms with Gasteiger partial charge in [-0.15, -0.1) is 23.2 Å². The molecule has 1 aromatic heterocycles. The third kappa shape index (κ3) is 4.05. The van der Waals surface area contributed by atoms with Crippen LogP contribution in [0.5, 0.6) is 0 Å². The van der Waals surface area contributed by atoms with Gasteiger partial charge in [-0.25, -0.2) is 13.8 Å². The monoisotopic (exact) mass is 698 g/mol. The maximum absolute atomic E-state index is 13.8. The van der Waals surface area contributed by atoms with Crippen molar-refractivity contribution < 1.29 is 22.0 Å². The standard InChI is InChI=1S/C13H11Cl2F2N3.I3/c1-12(6-13(12,14)15)11-18-10(19-20(11)2)9-7(16)4-3-5-8(9)17;1-3-2/h3-5H,6H2,1-2H3;/q;-1. The van der Waals surface area contributed by atoms with E-state index in [-0.39, 0.29) is 11.4 Å². The predicted octanol–water partition coefficient (Wildman–Crippen LogP) is 2.37. The van der Waals surface area contributed by atoms with Crippen LogP contribution in [0.2, 0.25) is 0 Å². The number of benzene rings is 1. The van der Waals surface area contributed by atoms with Crippen molar-refractivity contribution in [1.82, 2.24) is 14.8 Å². The van der Waals surface area contributed by atoms with Crippen LogP contribution in [0.3, 0.4) is 0 Å². The predicted molar refractivity (Wildman–Crippen MR) is 101 cm³/mol. The number of aromatic nitrogens is 3. The Labute approximate surface area is 172 Å². The fraction of sp³-hybridized carbons (Fsp3) is 0.385. The second-order valence-corrected chi connectivity index (χ2v) is 23.0. The Morgan fingerprint density at radius 2 is 1.74 bits per heavy atom. The van der Waals surface area contributed by atoms with E-state index in [1.165, 1.54) is 22.9 Å². The molecule has 0 amide bonds. The van der Waals surface area contributed by atoms with Gasteiger partial charge in [0.15, 0.2) is 5.82 Å². The molecule has 128 valence electrons. The molecule has 2 aromatic rings. The third-order valence-corrected chi connectivity index (χ3v) is 4.80. The van der Waals surface area contributed by atoms with E-state index in [0.29, 0.717) is 25.5 Å². The van der Waals surface area contributed by atoms with Gasteiger partial charge < -0.3 is 0 Å². The van der Waals surface area contributed by atoms with Crippen molar-refractivity contribution in [2.24, 2.45) is 7.05 Å². The van der Waals surface area contributed by atoms with Crippen molar-refractivity contribution in [1.29, 1.82) is 0 Å². The fourth-order valence-corrected chi connectivity index (χ4v) is 3.03. The van der Waals surface area contributed by atoms with Crippen LogP contribution in [-0.2, 0) is 12.5 Å². The van der Waals surface area contributed by atoms with Gasteiger partial charge in [-0.2, -0.15) is 5.10 Å². The van der Waals surface area contributed by atoms with Crippen molar-refractivity contribution in [2.75, 3.05) is 0 Å². The van der Waals surface area contributed by atoms with E-state index in [1.54, 1.807) is 7.05 Å². The molecule has 10 heteroatoms. The molecule has 1 unspecified atom stereocenters. The first kappa shape index (κ1) is 20.3. The van der Waals surface area contributed by atoms with Gasteiger partial charge >= 0.3 is 50.5 Å². The van der Waals surface area contributed by atoms with Gasteiger partial charge in [-0.05, 0) is 25.5 Å². The number of rotatable bonds is 2. The fourth-order valence-electron chi connectivity index (χ4n) is 2.32. The topological polar surface area (TPSA) is 30.7 Å². The molecule has 1 saturated carbocycles. The van der Waals surface area contributed by atoms with Gasteiger partial charge in [0.25, 0.3) is 0 Å². The first-order valence-electron chi connectivity index (χ1n) is 6.28. The Balaban J connectivity index is 0.000000595. The Bertz CT molecular complexity index is 706. The molecule has 1 aliphatic carbocycles. The SMILES string of the molecule is Cn1nc(-c2c(F)cccc2F)nc1C1(C)CC1(Cl)Cl.I[I-]I. The summed E-state index contributed by atoms with van der Waals surface area (Å²) in [7, 11) is 1.65. The van der Waals surface area contributed by atoms with Gasteiger partial charge in [0, 0.05) is 7.05 Å².